The summed E-state index contributed by atoms with van der Waals surface area (Å²) in [5.41, 5.74) is 2.26. The van der Waals surface area contributed by atoms with Gasteiger partial charge in [0, 0.05) is 6.54 Å². The van der Waals surface area contributed by atoms with E-state index in [1.807, 2.05) is 55.5 Å². The van der Waals surface area contributed by atoms with E-state index in [0.717, 1.165) is 29.7 Å². The first-order valence-corrected chi connectivity index (χ1v) is 8.23. The molecule has 24 heavy (non-hydrogen) atoms. The first-order chi connectivity index (χ1) is 11.6. The molecule has 0 heterocycles. The minimum absolute atomic E-state index is 0.100. The Bertz CT molecular complexity index is 669. The Morgan fingerprint density at radius 2 is 1.96 bits per heavy atom. The Morgan fingerprint density at radius 1 is 1.17 bits per heavy atom. The van der Waals surface area contributed by atoms with Crippen LogP contribution in [0, 0.1) is 6.92 Å². The van der Waals surface area contributed by atoms with Gasteiger partial charge in [0.2, 0.25) is 0 Å². The van der Waals surface area contributed by atoms with Crippen LogP contribution in [-0.2, 0) is 11.2 Å². The molecular weight excluding hydrogens is 302 g/mol. The summed E-state index contributed by atoms with van der Waals surface area (Å²) in [5.74, 6) is 1.50. The van der Waals surface area contributed by atoms with E-state index in [-0.39, 0.29) is 5.91 Å². The van der Waals surface area contributed by atoms with Crippen molar-refractivity contribution in [2.75, 3.05) is 13.7 Å². The maximum Gasteiger partial charge on any atom is 0.260 e. The van der Waals surface area contributed by atoms with Gasteiger partial charge >= 0.3 is 0 Å². The van der Waals surface area contributed by atoms with Crippen LogP contribution in [-0.4, -0.2) is 25.7 Å². The fraction of sp³-hybridized carbons (Fsp3) is 0.350. The standard InChI is InChI=1S/C20H25NO3/c1-15-8-6-11-18(14-15)24-16(2)20(22)21-13-7-10-17-9-4-5-12-19(17)23-3/h4-6,8-9,11-12,14,16H,7,10,13H2,1-3H3,(H,21,22). The molecule has 0 bridgehead atoms. The summed E-state index contributed by atoms with van der Waals surface area (Å²) in [6, 6.07) is 15.6. The molecule has 4 heteroatoms. The first kappa shape index (κ1) is 17.9. The predicted molar refractivity (Wildman–Crippen MR) is 95.6 cm³/mol. The maximum absolute atomic E-state index is 12.1. The van der Waals surface area contributed by atoms with Crippen molar-refractivity contribution in [1.29, 1.82) is 0 Å². The zero-order chi connectivity index (χ0) is 17.4. The molecule has 0 fully saturated rings. The van der Waals surface area contributed by atoms with E-state index in [0.29, 0.717) is 12.3 Å². The zero-order valence-electron chi connectivity index (χ0n) is 14.5. The molecule has 0 aromatic heterocycles. The van der Waals surface area contributed by atoms with Gasteiger partial charge in [0.25, 0.3) is 5.91 Å². The van der Waals surface area contributed by atoms with Crippen LogP contribution in [0.25, 0.3) is 0 Å². The molecule has 128 valence electrons. The Hall–Kier alpha value is -2.49. The van der Waals surface area contributed by atoms with Crippen LogP contribution >= 0.6 is 0 Å². The largest absolute Gasteiger partial charge is 0.496 e. The fourth-order valence-corrected chi connectivity index (χ4v) is 2.49. The lowest BCUT2D eigenvalue weighted by molar-refractivity contribution is -0.127. The molecular formula is C20H25NO3. The average Bonchev–Trinajstić information content (AvgIpc) is 2.58. The fourth-order valence-electron chi connectivity index (χ4n) is 2.49. The number of aryl methyl sites for hydroxylation is 2. The number of methoxy groups -OCH3 is 1. The molecule has 0 radical (unpaired) electrons. The highest BCUT2D eigenvalue weighted by Gasteiger charge is 2.14. The SMILES string of the molecule is COc1ccccc1CCCNC(=O)C(C)Oc1cccc(C)c1. The second-order valence-corrected chi connectivity index (χ2v) is 5.78. The minimum Gasteiger partial charge on any atom is -0.496 e. The van der Waals surface area contributed by atoms with Crippen LogP contribution in [0.2, 0.25) is 0 Å². The number of ether oxygens (including phenoxy) is 2. The van der Waals surface area contributed by atoms with Crippen molar-refractivity contribution in [3.05, 3.63) is 59.7 Å². The number of carbonyl (C=O) groups excluding carboxylic acids is 1. The summed E-state index contributed by atoms with van der Waals surface area (Å²) in [4.78, 5) is 12.1. The lowest BCUT2D eigenvalue weighted by Gasteiger charge is -2.15. The number of amides is 1. The summed E-state index contributed by atoms with van der Waals surface area (Å²) in [6.07, 6.45) is 1.19. The van der Waals surface area contributed by atoms with Crippen LogP contribution in [0.4, 0.5) is 0 Å². The van der Waals surface area contributed by atoms with Gasteiger partial charge in [-0.05, 0) is 56.0 Å². The summed E-state index contributed by atoms with van der Waals surface area (Å²) in [5, 5.41) is 2.92. The lowest BCUT2D eigenvalue weighted by Crippen LogP contribution is -2.36. The molecule has 2 aromatic rings. The zero-order valence-corrected chi connectivity index (χ0v) is 14.5. The van der Waals surface area contributed by atoms with Gasteiger partial charge in [-0.1, -0.05) is 30.3 Å². The van der Waals surface area contributed by atoms with Crippen LogP contribution in [0.3, 0.4) is 0 Å². The van der Waals surface area contributed by atoms with Crippen molar-refractivity contribution < 1.29 is 14.3 Å². The number of hydrogen-bond donors (Lipinski definition) is 1. The van der Waals surface area contributed by atoms with Gasteiger partial charge < -0.3 is 14.8 Å². The van der Waals surface area contributed by atoms with Crippen LogP contribution in [0.15, 0.2) is 48.5 Å². The number of rotatable bonds is 8. The third-order valence-corrected chi connectivity index (χ3v) is 3.79. The van der Waals surface area contributed by atoms with Gasteiger partial charge in [-0.15, -0.1) is 0 Å². The molecule has 2 rings (SSSR count). The van der Waals surface area contributed by atoms with Crippen molar-refractivity contribution in [2.45, 2.75) is 32.8 Å². The second kappa shape index (κ2) is 8.96. The molecule has 4 nitrogen and oxygen atoms in total. The Kier molecular flexibility index (Phi) is 6.67. The van der Waals surface area contributed by atoms with Crippen molar-refractivity contribution in [3.63, 3.8) is 0 Å². The van der Waals surface area contributed by atoms with Gasteiger partial charge in [0.1, 0.15) is 11.5 Å². The van der Waals surface area contributed by atoms with E-state index >= 15 is 0 Å². The number of nitrogens with one attached hydrogen (secondary N) is 1. The summed E-state index contributed by atoms with van der Waals surface area (Å²) in [7, 11) is 1.67. The molecule has 1 amide bonds. The third kappa shape index (κ3) is 5.30. The number of para-hydroxylation sites is 1. The van der Waals surface area contributed by atoms with E-state index in [2.05, 4.69) is 5.32 Å². The molecule has 0 aliphatic heterocycles. The van der Waals surface area contributed by atoms with Crippen molar-refractivity contribution in [3.8, 4) is 11.5 Å². The molecule has 1 unspecified atom stereocenters. The first-order valence-electron chi connectivity index (χ1n) is 8.23. The van der Waals surface area contributed by atoms with Crippen molar-refractivity contribution >= 4 is 5.91 Å². The predicted octanol–water partition coefficient (Wildman–Crippen LogP) is 3.52. The molecule has 1 atom stereocenters. The number of benzene rings is 2. The van der Waals surface area contributed by atoms with E-state index in [1.54, 1.807) is 14.0 Å². The number of carbonyl (C=O) groups is 1. The van der Waals surface area contributed by atoms with E-state index < -0.39 is 6.10 Å². The average molecular weight is 327 g/mol. The van der Waals surface area contributed by atoms with Gasteiger partial charge in [-0.25, -0.2) is 0 Å². The quantitative estimate of drug-likeness (QED) is 0.755. The highest BCUT2D eigenvalue weighted by atomic mass is 16.5. The van der Waals surface area contributed by atoms with E-state index in [9.17, 15) is 4.79 Å². The highest BCUT2D eigenvalue weighted by molar-refractivity contribution is 5.80. The summed E-state index contributed by atoms with van der Waals surface area (Å²) >= 11 is 0. The summed E-state index contributed by atoms with van der Waals surface area (Å²) < 4.78 is 11.0. The van der Waals surface area contributed by atoms with Gasteiger partial charge in [0.05, 0.1) is 7.11 Å². The molecule has 0 aliphatic carbocycles. The van der Waals surface area contributed by atoms with Crippen molar-refractivity contribution in [1.82, 2.24) is 5.32 Å². The van der Waals surface area contributed by atoms with Gasteiger partial charge in [-0.2, -0.15) is 0 Å². The molecule has 0 aliphatic rings. The van der Waals surface area contributed by atoms with Crippen molar-refractivity contribution in [2.24, 2.45) is 0 Å². The molecule has 0 saturated heterocycles. The minimum atomic E-state index is -0.516. The number of hydrogen-bond acceptors (Lipinski definition) is 3. The smallest absolute Gasteiger partial charge is 0.260 e. The maximum atomic E-state index is 12.1. The van der Waals surface area contributed by atoms with E-state index in [4.69, 9.17) is 9.47 Å². The Labute approximate surface area is 143 Å². The molecule has 2 aromatic carbocycles. The Morgan fingerprint density at radius 3 is 2.71 bits per heavy atom. The monoisotopic (exact) mass is 327 g/mol. The lowest BCUT2D eigenvalue weighted by atomic mass is 10.1. The summed E-state index contributed by atoms with van der Waals surface area (Å²) in [6.45, 7) is 4.37. The van der Waals surface area contributed by atoms with E-state index in [1.165, 1.54) is 0 Å². The molecule has 0 saturated carbocycles. The normalized spacial score (nSPS) is 11.6. The molecule has 1 N–H and O–H groups in total. The van der Waals surface area contributed by atoms with Gasteiger partial charge in [0.15, 0.2) is 6.10 Å². The third-order valence-electron chi connectivity index (χ3n) is 3.79. The highest BCUT2D eigenvalue weighted by Crippen LogP contribution is 2.18. The topological polar surface area (TPSA) is 47.6 Å². The molecule has 0 spiro atoms. The van der Waals surface area contributed by atoms with Gasteiger partial charge in [-0.3, -0.25) is 4.79 Å². The van der Waals surface area contributed by atoms with Crippen LogP contribution < -0.4 is 14.8 Å². The Balaban J connectivity index is 1.74. The second-order valence-electron chi connectivity index (χ2n) is 5.78. The van der Waals surface area contributed by atoms with Crippen LogP contribution in [0.5, 0.6) is 11.5 Å². The van der Waals surface area contributed by atoms with Crippen LogP contribution in [0.1, 0.15) is 24.5 Å².